The molecule has 0 radical (unpaired) electrons. The molecule has 0 spiro atoms. The SMILES string of the molecule is COc1cccc(NC(=O)CCNc2ccc(N3CCCC3)cc2)c1. The molecule has 0 saturated carbocycles. The molecule has 0 aromatic heterocycles. The quantitative estimate of drug-likeness (QED) is 0.807. The van der Waals surface area contributed by atoms with Crippen LogP contribution in [0.1, 0.15) is 19.3 Å². The van der Waals surface area contributed by atoms with Gasteiger partial charge in [0.15, 0.2) is 0 Å². The first-order valence-electron chi connectivity index (χ1n) is 8.77. The molecular weight excluding hydrogens is 314 g/mol. The zero-order valence-electron chi connectivity index (χ0n) is 14.6. The van der Waals surface area contributed by atoms with Crippen LogP contribution in [0.4, 0.5) is 17.1 Å². The molecule has 1 heterocycles. The number of hydrogen-bond acceptors (Lipinski definition) is 4. The fourth-order valence-electron chi connectivity index (χ4n) is 3.01. The second kappa shape index (κ2) is 8.42. The summed E-state index contributed by atoms with van der Waals surface area (Å²) in [5.74, 6) is 0.712. The van der Waals surface area contributed by atoms with Crippen molar-refractivity contribution in [2.45, 2.75) is 19.3 Å². The molecule has 1 aliphatic heterocycles. The highest BCUT2D eigenvalue weighted by atomic mass is 16.5. The van der Waals surface area contributed by atoms with Crippen LogP contribution in [0.5, 0.6) is 5.75 Å². The molecule has 0 bridgehead atoms. The summed E-state index contributed by atoms with van der Waals surface area (Å²) in [6.07, 6.45) is 2.97. The Morgan fingerprint density at radius 1 is 1.08 bits per heavy atom. The first kappa shape index (κ1) is 17.1. The third-order valence-corrected chi connectivity index (χ3v) is 4.37. The highest BCUT2D eigenvalue weighted by molar-refractivity contribution is 5.91. The van der Waals surface area contributed by atoms with Gasteiger partial charge in [-0.25, -0.2) is 0 Å². The van der Waals surface area contributed by atoms with Crippen molar-refractivity contribution in [1.29, 1.82) is 0 Å². The van der Waals surface area contributed by atoms with E-state index in [2.05, 4.69) is 39.8 Å². The molecular formula is C20H25N3O2. The summed E-state index contributed by atoms with van der Waals surface area (Å²) in [5, 5.41) is 6.18. The molecule has 2 aromatic rings. The molecule has 2 aromatic carbocycles. The lowest BCUT2D eigenvalue weighted by atomic mass is 10.2. The average Bonchev–Trinajstić information content (AvgIpc) is 3.17. The fraction of sp³-hybridized carbons (Fsp3) is 0.350. The Bertz CT molecular complexity index is 694. The standard InChI is InChI=1S/C20H25N3O2/c1-25-19-6-4-5-17(15-19)22-20(24)11-12-21-16-7-9-18(10-8-16)23-13-2-3-14-23/h4-10,15,21H,2-3,11-14H2,1H3,(H,22,24). The summed E-state index contributed by atoms with van der Waals surface area (Å²) in [7, 11) is 1.61. The van der Waals surface area contributed by atoms with Crippen LogP contribution in [0.3, 0.4) is 0 Å². The topological polar surface area (TPSA) is 53.6 Å². The zero-order chi connectivity index (χ0) is 17.5. The maximum absolute atomic E-state index is 12.0. The first-order valence-corrected chi connectivity index (χ1v) is 8.77. The van der Waals surface area contributed by atoms with Gasteiger partial charge in [0.1, 0.15) is 5.75 Å². The third kappa shape index (κ3) is 4.89. The lowest BCUT2D eigenvalue weighted by Gasteiger charge is -2.18. The summed E-state index contributed by atoms with van der Waals surface area (Å²) < 4.78 is 5.15. The largest absolute Gasteiger partial charge is 0.497 e. The summed E-state index contributed by atoms with van der Waals surface area (Å²) in [6.45, 7) is 2.90. The molecule has 1 aliphatic rings. The fourth-order valence-corrected chi connectivity index (χ4v) is 3.01. The number of carbonyl (C=O) groups is 1. The Hall–Kier alpha value is -2.69. The summed E-state index contributed by atoms with van der Waals surface area (Å²) in [5.41, 5.74) is 3.07. The monoisotopic (exact) mass is 339 g/mol. The lowest BCUT2D eigenvalue weighted by Crippen LogP contribution is -2.17. The highest BCUT2D eigenvalue weighted by Crippen LogP contribution is 2.22. The van der Waals surface area contributed by atoms with E-state index in [4.69, 9.17) is 4.74 Å². The molecule has 5 heteroatoms. The van der Waals surface area contributed by atoms with Crippen molar-refractivity contribution in [1.82, 2.24) is 0 Å². The molecule has 2 N–H and O–H groups in total. The minimum atomic E-state index is -0.0190. The number of amides is 1. The Morgan fingerprint density at radius 2 is 1.84 bits per heavy atom. The second-order valence-corrected chi connectivity index (χ2v) is 6.20. The molecule has 3 rings (SSSR count). The summed E-state index contributed by atoms with van der Waals surface area (Å²) in [4.78, 5) is 14.4. The normalized spacial score (nSPS) is 13.6. The van der Waals surface area contributed by atoms with E-state index in [1.807, 2.05) is 24.3 Å². The van der Waals surface area contributed by atoms with E-state index in [1.165, 1.54) is 18.5 Å². The van der Waals surface area contributed by atoms with Crippen molar-refractivity contribution in [3.63, 3.8) is 0 Å². The number of benzene rings is 2. The Morgan fingerprint density at radius 3 is 2.56 bits per heavy atom. The van der Waals surface area contributed by atoms with Crippen LogP contribution in [-0.2, 0) is 4.79 Å². The number of ether oxygens (including phenoxy) is 1. The van der Waals surface area contributed by atoms with E-state index in [1.54, 1.807) is 7.11 Å². The molecule has 1 fully saturated rings. The molecule has 1 saturated heterocycles. The van der Waals surface area contributed by atoms with E-state index in [9.17, 15) is 4.79 Å². The van der Waals surface area contributed by atoms with Gasteiger partial charge in [0.2, 0.25) is 5.91 Å². The average molecular weight is 339 g/mol. The Balaban J connectivity index is 1.43. The van der Waals surface area contributed by atoms with Gasteiger partial charge in [0.25, 0.3) is 0 Å². The second-order valence-electron chi connectivity index (χ2n) is 6.20. The maximum Gasteiger partial charge on any atom is 0.226 e. The first-order chi connectivity index (χ1) is 12.2. The minimum Gasteiger partial charge on any atom is -0.497 e. The predicted octanol–water partition coefficient (Wildman–Crippen LogP) is 3.74. The number of carbonyl (C=O) groups excluding carboxylic acids is 1. The van der Waals surface area contributed by atoms with E-state index in [0.29, 0.717) is 13.0 Å². The summed E-state index contributed by atoms with van der Waals surface area (Å²) in [6, 6.07) is 15.8. The third-order valence-electron chi connectivity index (χ3n) is 4.37. The predicted molar refractivity (Wildman–Crippen MR) is 103 cm³/mol. The van der Waals surface area contributed by atoms with E-state index in [-0.39, 0.29) is 5.91 Å². The number of nitrogens with one attached hydrogen (secondary N) is 2. The number of methoxy groups -OCH3 is 1. The Labute approximate surface area is 149 Å². The maximum atomic E-state index is 12.0. The van der Waals surface area contributed by atoms with Crippen LogP contribution in [-0.4, -0.2) is 32.7 Å². The van der Waals surface area contributed by atoms with Crippen LogP contribution in [0.15, 0.2) is 48.5 Å². The molecule has 0 atom stereocenters. The molecule has 1 amide bonds. The van der Waals surface area contributed by atoms with Gasteiger partial charge < -0.3 is 20.3 Å². The van der Waals surface area contributed by atoms with Crippen LogP contribution in [0.25, 0.3) is 0 Å². The molecule has 25 heavy (non-hydrogen) atoms. The Kier molecular flexibility index (Phi) is 5.77. The molecule has 0 aliphatic carbocycles. The van der Waals surface area contributed by atoms with Gasteiger partial charge in [0.05, 0.1) is 7.11 Å². The van der Waals surface area contributed by atoms with Gasteiger partial charge in [-0.2, -0.15) is 0 Å². The van der Waals surface area contributed by atoms with Crippen LogP contribution < -0.4 is 20.3 Å². The zero-order valence-corrected chi connectivity index (χ0v) is 14.6. The van der Waals surface area contributed by atoms with Gasteiger partial charge in [-0.3, -0.25) is 4.79 Å². The lowest BCUT2D eigenvalue weighted by molar-refractivity contribution is -0.115. The number of rotatable bonds is 7. The van der Waals surface area contributed by atoms with Gasteiger partial charge >= 0.3 is 0 Å². The van der Waals surface area contributed by atoms with Gasteiger partial charge in [-0.05, 0) is 49.2 Å². The molecule has 132 valence electrons. The van der Waals surface area contributed by atoms with Crippen LogP contribution >= 0.6 is 0 Å². The van der Waals surface area contributed by atoms with Crippen molar-refractivity contribution in [2.75, 3.05) is 42.3 Å². The van der Waals surface area contributed by atoms with Crippen LogP contribution in [0.2, 0.25) is 0 Å². The van der Waals surface area contributed by atoms with Crippen molar-refractivity contribution in [3.05, 3.63) is 48.5 Å². The van der Waals surface area contributed by atoms with Crippen molar-refractivity contribution in [2.24, 2.45) is 0 Å². The highest BCUT2D eigenvalue weighted by Gasteiger charge is 2.11. The van der Waals surface area contributed by atoms with E-state index in [0.717, 1.165) is 30.2 Å². The summed E-state index contributed by atoms with van der Waals surface area (Å²) >= 11 is 0. The molecule has 5 nitrogen and oxygen atoms in total. The number of anilines is 3. The van der Waals surface area contributed by atoms with E-state index >= 15 is 0 Å². The minimum absolute atomic E-state index is 0.0190. The van der Waals surface area contributed by atoms with Gasteiger partial charge in [0, 0.05) is 49.2 Å². The molecule has 0 unspecified atom stereocenters. The smallest absolute Gasteiger partial charge is 0.226 e. The number of hydrogen-bond donors (Lipinski definition) is 2. The van der Waals surface area contributed by atoms with Gasteiger partial charge in [-0.1, -0.05) is 6.07 Å². The number of nitrogens with zero attached hydrogens (tertiary/aromatic N) is 1. The van der Waals surface area contributed by atoms with Crippen molar-refractivity contribution >= 4 is 23.0 Å². The van der Waals surface area contributed by atoms with Gasteiger partial charge in [-0.15, -0.1) is 0 Å². The van der Waals surface area contributed by atoms with Crippen LogP contribution in [0, 0.1) is 0 Å². The van der Waals surface area contributed by atoms with Crippen molar-refractivity contribution < 1.29 is 9.53 Å². The van der Waals surface area contributed by atoms with Crippen molar-refractivity contribution in [3.8, 4) is 5.75 Å². The van der Waals surface area contributed by atoms with E-state index < -0.39 is 0 Å².